The molecule has 84 heavy (non-hydrogen) atoms. The first kappa shape index (κ1) is 82.3. The lowest BCUT2D eigenvalue weighted by Crippen LogP contribution is -2.41. The van der Waals surface area contributed by atoms with Crippen LogP contribution in [0.3, 0.4) is 0 Å². The number of hydrogen-bond donors (Lipinski definition) is 12. The summed E-state index contributed by atoms with van der Waals surface area (Å²) in [5, 5.41) is 59.6. The van der Waals surface area contributed by atoms with Crippen molar-refractivity contribution in [3.8, 4) is 0 Å². The molecule has 10 atom stereocenters. The van der Waals surface area contributed by atoms with Gasteiger partial charge in [0.25, 0.3) is 0 Å². The molecule has 6 N–H and O–H groups in total. The summed E-state index contributed by atoms with van der Waals surface area (Å²) in [6.07, 6.45) is -9.38. The van der Waals surface area contributed by atoms with Crippen LogP contribution in [0.2, 0.25) is 0 Å². The Bertz CT molecular complexity index is 1700. The number of thiol groups is 6. The van der Waals surface area contributed by atoms with Gasteiger partial charge in [-0.3, -0.25) is 28.8 Å². The third-order valence-corrected chi connectivity index (χ3v) is 12.5. The van der Waals surface area contributed by atoms with E-state index in [1.807, 2.05) is 6.92 Å². The zero-order valence-corrected chi connectivity index (χ0v) is 53.0. The molecular formula is C51H92O27S6. The van der Waals surface area contributed by atoms with Gasteiger partial charge in [-0.15, -0.1) is 0 Å². The van der Waals surface area contributed by atoms with E-state index >= 15 is 0 Å². The predicted octanol–water partition coefficient (Wildman–Crippen LogP) is -0.670. The van der Waals surface area contributed by atoms with Gasteiger partial charge in [-0.05, 0) is 6.42 Å². The van der Waals surface area contributed by atoms with Crippen molar-refractivity contribution in [2.75, 3.05) is 167 Å². The van der Waals surface area contributed by atoms with Gasteiger partial charge in [0.05, 0.1) is 164 Å². The number of carbonyl (C=O) groups excluding carboxylic acids is 6. The molecule has 0 aliphatic rings. The van der Waals surface area contributed by atoms with Crippen molar-refractivity contribution < 1.29 is 130 Å². The van der Waals surface area contributed by atoms with Crippen molar-refractivity contribution in [2.45, 2.75) is 113 Å². The molecule has 0 amide bonds. The number of aliphatic hydroxyl groups is 6. The van der Waals surface area contributed by atoms with Crippen LogP contribution in [0.1, 0.15) is 58.3 Å². The predicted molar refractivity (Wildman–Crippen MR) is 319 cm³/mol. The SMILES string of the molecule is CCC(COCC(CO)OCC(COC(=O)CCS)OC(=O)CCS)(COCC(COCC(CO)OC(=O)CCS)OCC(O)CO)COCC(OCCC(CO)OC(=O)CCS)OCC(COCC(CO)OC(=O)CCS)OC(=O)CCS. The molecule has 0 aromatic carbocycles. The van der Waals surface area contributed by atoms with Gasteiger partial charge in [0.15, 0.2) is 12.4 Å². The first-order valence-corrected chi connectivity index (χ1v) is 31.1. The van der Waals surface area contributed by atoms with Crippen molar-refractivity contribution in [1.29, 1.82) is 0 Å². The summed E-state index contributed by atoms with van der Waals surface area (Å²) in [4.78, 5) is 73.6. The Morgan fingerprint density at radius 2 is 0.726 bits per heavy atom. The van der Waals surface area contributed by atoms with E-state index in [2.05, 4.69) is 75.8 Å². The lowest BCUT2D eigenvalue weighted by Gasteiger charge is -2.34. The van der Waals surface area contributed by atoms with E-state index in [0.29, 0.717) is 6.42 Å². The van der Waals surface area contributed by atoms with Gasteiger partial charge in [-0.25, -0.2) is 0 Å². The van der Waals surface area contributed by atoms with E-state index in [4.69, 9.17) is 71.1 Å². The van der Waals surface area contributed by atoms with Crippen LogP contribution in [-0.4, -0.2) is 288 Å². The lowest BCUT2D eigenvalue weighted by molar-refractivity contribution is -0.205. The fraction of sp³-hybridized carbons (Fsp3) is 0.882. The highest BCUT2D eigenvalue weighted by atomic mass is 32.1. The molecule has 0 spiro atoms. The second-order valence-corrected chi connectivity index (χ2v) is 21.1. The number of ether oxygens (including phenoxy) is 15. The van der Waals surface area contributed by atoms with Gasteiger partial charge in [0.2, 0.25) is 0 Å². The fourth-order valence-corrected chi connectivity index (χ4v) is 7.60. The Balaban J connectivity index is 6.87. The van der Waals surface area contributed by atoms with Crippen LogP contribution in [-0.2, 0) is 99.8 Å². The molecule has 0 bridgehead atoms. The van der Waals surface area contributed by atoms with Gasteiger partial charge in [-0.2, -0.15) is 75.8 Å². The minimum atomic E-state index is -1.26. The molecule has 0 radical (unpaired) electrons. The second kappa shape index (κ2) is 54.3. The van der Waals surface area contributed by atoms with Crippen LogP contribution in [0.5, 0.6) is 0 Å². The maximum atomic E-state index is 12.7. The summed E-state index contributed by atoms with van der Waals surface area (Å²) in [5.74, 6) is -2.40. The molecule has 0 saturated carbocycles. The zero-order chi connectivity index (χ0) is 62.8. The largest absolute Gasteiger partial charge is 0.462 e. The summed E-state index contributed by atoms with van der Waals surface area (Å²) in [5.41, 5.74) is -1.06. The lowest BCUT2D eigenvalue weighted by atomic mass is 9.88. The van der Waals surface area contributed by atoms with Crippen molar-refractivity contribution >= 4 is 112 Å². The van der Waals surface area contributed by atoms with E-state index < -0.39 is 129 Å². The summed E-state index contributed by atoms with van der Waals surface area (Å²) in [6, 6.07) is 0. The Hall–Kier alpha value is -1.68. The van der Waals surface area contributed by atoms with E-state index in [9.17, 15) is 59.4 Å². The number of rotatable bonds is 58. The third-order valence-electron chi connectivity index (χ3n) is 11.1. The summed E-state index contributed by atoms with van der Waals surface area (Å²) >= 11 is 24.3. The molecular weight excluding hydrogens is 1240 g/mol. The minimum absolute atomic E-state index is 0.00137. The summed E-state index contributed by atoms with van der Waals surface area (Å²) < 4.78 is 86.1. The molecule has 0 fully saturated rings. The topological polar surface area (TPSA) is 362 Å². The zero-order valence-electron chi connectivity index (χ0n) is 47.7. The normalized spacial score (nSPS) is 15.5. The Kier molecular flexibility index (Phi) is 53.2. The second-order valence-electron chi connectivity index (χ2n) is 18.5. The molecule has 10 unspecified atom stereocenters. The Morgan fingerprint density at radius 3 is 1.17 bits per heavy atom. The first-order valence-electron chi connectivity index (χ1n) is 27.3. The van der Waals surface area contributed by atoms with E-state index in [0.717, 1.165) is 0 Å². The van der Waals surface area contributed by atoms with Crippen molar-refractivity contribution in [3.63, 3.8) is 0 Å². The smallest absolute Gasteiger partial charge is 0.307 e. The van der Waals surface area contributed by atoms with Crippen molar-refractivity contribution in [2.24, 2.45) is 5.41 Å². The Morgan fingerprint density at radius 1 is 0.369 bits per heavy atom. The first-order chi connectivity index (χ1) is 40.5. The highest BCUT2D eigenvalue weighted by Crippen LogP contribution is 2.25. The summed E-state index contributed by atoms with van der Waals surface area (Å²) in [6.45, 7) is -4.63. The number of aliphatic hydroxyl groups excluding tert-OH is 6. The number of hydrogen-bond acceptors (Lipinski definition) is 33. The molecule has 27 nitrogen and oxygen atoms in total. The molecule has 0 aliphatic carbocycles. The van der Waals surface area contributed by atoms with E-state index in [-0.39, 0.29) is 179 Å². The molecule has 0 aromatic heterocycles. The van der Waals surface area contributed by atoms with E-state index in [1.54, 1.807) is 0 Å². The molecule has 0 heterocycles. The van der Waals surface area contributed by atoms with Crippen LogP contribution in [0, 0.1) is 5.41 Å². The molecule has 0 saturated heterocycles. The number of carbonyl (C=O) groups is 6. The van der Waals surface area contributed by atoms with Gasteiger partial charge in [-0.1, -0.05) is 6.92 Å². The molecule has 0 aliphatic heterocycles. The average molecular weight is 1330 g/mol. The highest BCUT2D eigenvalue weighted by Gasteiger charge is 2.33. The number of esters is 6. The van der Waals surface area contributed by atoms with Crippen LogP contribution in [0.15, 0.2) is 0 Å². The van der Waals surface area contributed by atoms with Crippen LogP contribution < -0.4 is 0 Å². The molecule has 0 aromatic rings. The van der Waals surface area contributed by atoms with Gasteiger partial charge >= 0.3 is 35.8 Å². The maximum Gasteiger partial charge on any atom is 0.307 e. The van der Waals surface area contributed by atoms with Crippen molar-refractivity contribution in [1.82, 2.24) is 0 Å². The van der Waals surface area contributed by atoms with E-state index in [1.165, 1.54) is 0 Å². The van der Waals surface area contributed by atoms with Crippen LogP contribution >= 0.6 is 75.8 Å². The third kappa shape index (κ3) is 43.1. The fourth-order valence-electron chi connectivity index (χ4n) is 6.51. The Labute approximate surface area is 524 Å². The maximum absolute atomic E-state index is 12.7. The molecule has 0 rings (SSSR count). The molecule has 494 valence electrons. The van der Waals surface area contributed by atoms with Gasteiger partial charge in [0, 0.05) is 46.4 Å². The standard InChI is InChI=1S/C51H92O27S6/c1-2-51(33-66-23-38(19-54)71-29-43(78-49(63)9-16-84)30-72-44(58)4-11-79,34-67-27-41(70-22-36(57)17-52)26-64-24-39(20-55)75-46(60)6-13-81)35-68-32-50(69-10-3-37(18-53)74-45(59)5-12-80)73-31-42(77-48(62)8-15-83)28-65-25-40(21-56)76-47(61)7-14-82/h36-43,50,52-57,79-84H,2-35H2,1H3. The summed E-state index contributed by atoms with van der Waals surface area (Å²) in [7, 11) is 0. The van der Waals surface area contributed by atoms with Gasteiger partial charge < -0.3 is 102 Å². The highest BCUT2D eigenvalue weighted by molar-refractivity contribution is 7.81. The monoisotopic (exact) mass is 1330 g/mol. The van der Waals surface area contributed by atoms with Crippen LogP contribution in [0.25, 0.3) is 0 Å². The quantitative estimate of drug-likeness (QED) is 0.0155. The average Bonchev–Trinajstić information content (AvgIpc) is 3.52. The van der Waals surface area contributed by atoms with Gasteiger partial charge in [0.1, 0.15) is 49.3 Å². The minimum Gasteiger partial charge on any atom is -0.462 e. The molecule has 33 heteroatoms. The van der Waals surface area contributed by atoms with Crippen molar-refractivity contribution in [3.05, 3.63) is 0 Å². The van der Waals surface area contributed by atoms with Crippen LogP contribution in [0.4, 0.5) is 0 Å².